The van der Waals surface area contributed by atoms with E-state index in [0.29, 0.717) is 61.0 Å². The molecular formula is C31H30Br2N2O5. The molecule has 1 unspecified atom stereocenters. The summed E-state index contributed by atoms with van der Waals surface area (Å²) in [7, 11) is 0. The standard InChI is InChI=1S/C31H30Br2N2O5/c1-20(36)40-27-10-9-25(33)18-26(27)30(39)34-15-12-31(13-16-34)19-35(14-11-28(31)37)29(38)22-7-5-21(6-8-22)23-3-2-4-24(32)17-23/h2-10,17-18,28,37H,11-16,19H2,1H3. The molecule has 40 heavy (non-hydrogen) atoms. The lowest BCUT2D eigenvalue weighted by molar-refractivity contribution is -0.131. The number of rotatable bonds is 4. The van der Waals surface area contributed by atoms with Crippen molar-refractivity contribution in [2.75, 3.05) is 26.2 Å². The molecule has 0 saturated carbocycles. The number of aliphatic hydroxyl groups excluding tert-OH is 1. The summed E-state index contributed by atoms with van der Waals surface area (Å²) < 4.78 is 6.97. The van der Waals surface area contributed by atoms with Gasteiger partial charge in [-0.15, -0.1) is 0 Å². The fraction of sp³-hybridized carbons (Fsp3) is 0.323. The van der Waals surface area contributed by atoms with Crippen LogP contribution in [-0.4, -0.2) is 65.0 Å². The summed E-state index contributed by atoms with van der Waals surface area (Å²) in [6.45, 7) is 3.10. The van der Waals surface area contributed by atoms with Crippen LogP contribution in [0.1, 0.15) is 46.9 Å². The molecular weight excluding hydrogens is 640 g/mol. The van der Waals surface area contributed by atoms with Crippen molar-refractivity contribution in [2.24, 2.45) is 5.41 Å². The highest BCUT2D eigenvalue weighted by Gasteiger charge is 2.46. The maximum absolute atomic E-state index is 13.5. The highest BCUT2D eigenvalue weighted by atomic mass is 79.9. The van der Waals surface area contributed by atoms with Crippen LogP contribution in [0.15, 0.2) is 75.7 Å². The van der Waals surface area contributed by atoms with Gasteiger partial charge in [-0.05, 0) is 72.9 Å². The van der Waals surface area contributed by atoms with Crippen molar-refractivity contribution < 1.29 is 24.2 Å². The number of esters is 1. The van der Waals surface area contributed by atoms with Crippen LogP contribution in [0.4, 0.5) is 0 Å². The first-order valence-electron chi connectivity index (χ1n) is 13.3. The maximum Gasteiger partial charge on any atom is 0.308 e. The molecule has 2 heterocycles. The van der Waals surface area contributed by atoms with Gasteiger partial charge in [-0.25, -0.2) is 0 Å². The predicted octanol–water partition coefficient (Wildman–Crippen LogP) is 5.93. The van der Waals surface area contributed by atoms with Gasteiger partial charge in [0, 0.05) is 53.0 Å². The molecule has 0 aromatic heterocycles. The third-order valence-electron chi connectivity index (χ3n) is 7.93. The van der Waals surface area contributed by atoms with Crippen molar-refractivity contribution in [3.8, 4) is 16.9 Å². The van der Waals surface area contributed by atoms with E-state index in [1.165, 1.54) is 6.92 Å². The van der Waals surface area contributed by atoms with Gasteiger partial charge in [-0.2, -0.15) is 0 Å². The van der Waals surface area contributed by atoms with Gasteiger partial charge in [0.05, 0.1) is 11.7 Å². The maximum atomic E-state index is 13.5. The molecule has 7 nitrogen and oxygen atoms in total. The van der Waals surface area contributed by atoms with E-state index < -0.39 is 17.5 Å². The van der Waals surface area contributed by atoms with Crippen LogP contribution in [0.25, 0.3) is 11.1 Å². The molecule has 5 rings (SSSR count). The van der Waals surface area contributed by atoms with Crippen molar-refractivity contribution in [1.82, 2.24) is 9.80 Å². The minimum absolute atomic E-state index is 0.0502. The van der Waals surface area contributed by atoms with Gasteiger partial charge in [0.25, 0.3) is 11.8 Å². The predicted molar refractivity (Wildman–Crippen MR) is 159 cm³/mol. The molecule has 3 aromatic rings. The molecule has 9 heteroatoms. The van der Waals surface area contributed by atoms with Gasteiger partial charge in [-0.3, -0.25) is 14.4 Å². The zero-order chi connectivity index (χ0) is 28.4. The SMILES string of the molecule is CC(=O)Oc1ccc(Br)cc1C(=O)N1CCC2(CC1)CN(C(=O)c1ccc(-c3cccc(Br)c3)cc1)CCC2O. The number of amides is 2. The molecule has 2 fully saturated rings. The van der Waals surface area contributed by atoms with E-state index >= 15 is 0 Å². The van der Waals surface area contributed by atoms with Crippen LogP contribution < -0.4 is 4.74 Å². The Hall–Kier alpha value is -3.01. The monoisotopic (exact) mass is 668 g/mol. The van der Waals surface area contributed by atoms with Crippen LogP contribution in [-0.2, 0) is 4.79 Å². The number of hydrogen-bond acceptors (Lipinski definition) is 5. The van der Waals surface area contributed by atoms with Gasteiger partial charge in [0.15, 0.2) is 0 Å². The van der Waals surface area contributed by atoms with Crippen LogP contribution in [0.2, 0.25) is 0 Å². The zero-order valence-corrected chi connectivity index (χ0v) is 25.3. The Morgan fingerprint density at radius 3 is 2.23 bits per heavy atom. The van der Waals surface area contributed by atoms with Crippen LogP contribution >= 0.6 is 31.9 Å². The average Bonchev–Trinajstić information content (AvgIpc) is 2.95. The Kier molecular flexibility index (Phi) is 8.44. The summed E-state index contributed by atoms with van der Waals surface area (Å²) in [4.78, 5) is 42.0. The number of likely N-dealkylation sites (tertiary alicyclic amines) is 2. The van der Waals surface area contributed by atoms with E-state index in [-0.39, 0.29) is 17.6 Å². The molecule has 1 atom stereocenters. The Morgan fingerprint density at radius 2 is 1.55 bits per heavy atom. The third-order valence-corrected chi connectivity index (χ3v) is 8.92. The summed E-state index contributed by atoms with van der Waals surface area (Å²) >= 11 is 6.90. The smallest absolute Gasteiger partial charge is 0.308 e. The Bertz CT molecular complexity index is 1430. The number of aliphatic hydroxyl groups is 1. The minimum Gasteiger partial charge on any atom is -0.426 e. The zero-order valence-electron chi connectivity index (χ0n) is 22.1. The van der Waals surface area contributed by atoms with Crippen molar-refractivity contribution in [3.05, 3.63) is 86.8 Å². The number of ether oxygens (including phenoxy) is 1. The number of benzene rings is 3. The number of halogens is 2. The molecule has 0 radical (unpaired) electrons. The van der Waals surface area contributed by atoms with Gasteiger partial charge >= 0.3 is 5.97 Å². The first-order valence-corrected chi connectivity index (χ1v) is 14.8. The highest BCUT2D eigenvalue weighted by Crippen LogP contribution is 2.41. The van der Waals surface area contributed by atoms with Crippen molar-refractivity contribution in [1.29, 1.82) is 0 Å². The average molecular weight is 670 g/mol. The summed E-state index contributed by atoms with van der Waals surface area (Å²) in [6.07, 6.45) is 1.10. The molecule has 2 aliphatic rings. The van der Waals surface area contributed by atoms with Crippen molar-refractivity contribution in [2.45, 2.75) is 32.3 Å². The molecule has 2 saturated heterocycles. The molecule has 0 bridgehead atoms. The van der Waals surface area contributed by atoms with E-state index in [0.717, 1.165) is 15.6 Å². The lowest BCUT2D eigenvalue weighted by Crippen LogP contribution is -2.58. The highest BCUT2D eigenvalue weighted by molar-refractivity contribution is 9.10. The van der Waals surface area contributed by atoms with Crippen LogP contribution in [0.5, 0.6) is 5.75 Å². The number of hydrogen-bond donors (Lipinski definition) is 1. The van der Waals surface area contributed by atoms with Crippen molar-refractivity contribution >= 4 is 49.6 Å². The fourth-order valence-electron chi connectivity index (χ4n) is 5.71. The second kappa shape index (κ2) is 11.8. The molecule has 1 spiro atoms. The van der Waals surface area contributed by atoms with E-state index in [2.05, 4.69) is 31.9 Å². The van der Waals surface area contributed by atoms with E-state index in [9.17, 15) is 19.5 Å². The first kappa shape index (κ1) is 28.5. The second-order valence-corrected chi connectivity index (χ2v) is 12.3. The second-order valence-electron chi connectivity index (χ2n) is 10.5. The molecule has 3 aromatic carbocycles. The number of nitrogens with zero attached hydrogens (tertiary/aromatic N) is 2. The Balaban J connectivity index is 1.27. The minimum atomic E-state index is -0.546. The number of carbonyl (C=O) groups excluding carboxylic acids is 3. The van der Waals surface area contributed by atoms with Gasteiger partial charge in [-0.1, -0.05) is 56.1 Å². The van der Waals surface area contributed by atoms with E-state index in [4.69, 9.17) is 4.74 Å². The summed E-state index contributed by atoms with van der Waals surface area (Å²) in [5.74, 6) is -0.546. The largest absolute Gasteiger partial charge is 0.426 e. The first-order chi connectivity index (χ1) is 19.1. The normalized spacial score (nSPS) is 18.4. The third kappa shape index (κ3) is 6.01. The summed E-state index contributed by atoms with van der Waals surface area (Å²) in [5.41, 5.74) is 2.55. The van der Waals surface area contributed by atoms with Crippen LogP contribution in [0.3, 0.4) is 0 Å². The van der Waals surface area contributed by atoms with Crippen molar-refractivity contribution in [3.63, 3.8) is 0 Å². The summed E-state index contributed by atoms with van der Waals surface area (Å²) in [5, 5.41) is 11.1. The molecule has 208 valence electrons. The number of carbonyl (C=O) groups is 3. The topological polar surface area (TPSA) is 87.2 Å². The number of piperidine rings is 2. The van der Waals surface area contributed by atoms with Gasteiger partial charge in [0.1, 0.15) is 5.75 Å². The van der Waals surface area contributed by atoms with E-state index in [1.54, 1.807) is 23.1 Å². The lowest BCUT2D eigenvalue weighted by Gasteiger charge is -2.50. The van der Waals surface area contributed by atoms with Gasteiger partial charge in [0.2, 0.25) is 0 Å². The molecule has 0 aliphatic carbocycles. The Labute approximate surface area is 250 Å². The lowest BCUT2D eigenvalue weighted by atomic mass is 9.70. The molecule has 2 amide bonds. The van der Waals surface area contributed by atoms with E-state index in [1.807, 2.05) is 53.4 Å². The fourth-order valence-corrected chi connectivity index (χ4v) is 6.47. The summed E-state index contributed by atoms with van der Waals surface area (Å²) in [6, 6.07) is 20.6. The molecule has 1 N–H and O–H groups in total. The quantitative estimate of drug-likeness (QED) is 0.275. The Morgan fingerprint density at radius 1 is 0.850 bits per heavy atom. The molecule has 2 aliphatic heterocycles. The van der Waals surface area contributed by atoms with Gasteiger partial charge < -0.3 is 19.6 Å². The van der Waals surface area contributed by atoms with Crippen LogP contribution in [0, 0.1) is 5.41 Å².